The van der Waals surface area contributed by atoms with E-state index in [1.807, 2.05) is 48.1 Å². The second-order valence-electron chi connectivity index (χ2n) is 40.9. The summed E-state index contributed by atoms with van der Waals surface area (Å²) in [5.74, 6) is 1.43. The van der Waals surface area contributed by atoms with E-state index in [1.165, 1.54) is 77.9 Å². The largest absolute Gasteiger partial charge is 0.489 e. The maximum absolute atomic E-state index is 13.2. The molecule has 0 radical (unpaired) electrons. The number of alkyl halides is 18. The molecule has 3 atom stereocenters. The Morgan fingerprint density at radius 2 is 0.669 bits per heavy atom. The Morgan fingerprint density at radius 3 is 1.08 bits per heavy atom. The highest BCUT2D eigenvalue weighted by Crippen LogP contribution is 2.50. The summed E-state index contributed by atoms with van der Waals surface area (Å²) in [6.45, 7) is 54.7. The second kappa shape index (κ2) is 40.8. The summed E-state index contributed by atoms with van der Waals surface area (Å²) >= 11 is 0. The van der Waals surface area contributed by atoms with E-state index in [4.69, 9.17) is 9.57 Å². The lowest BCUT2D eigenvalue weighted by Crippen LogP contribution is -2.72. The summed E-state index contributed by atoms with van der Waals surface area (Å²) in [5.41, 5.74) is 3.11. The van der Waals surface area contributed by atoms with Gasteiger partial charge in [-0.2, -0.15) is 84.1 Å². The first kappa shape index (κ1) is 103. The van der Waals surface area contributed by atoms with Gasteiger partial charge in [-0.05, 0) is 293 Å². The molecule has 130 heavy (non-hydrogen) atoms. The van der Waals surface area contributed by atoms with Gasteiger partial charge in [0.1, 0.15) is 11.9 Å². The molecule has 6 aromatic carbocycles. The molecule has 30 heteroatoms. The maximum Gasteiger partial charge on any atom is 0.416 e. The summed E-state index contributed by atoms with van der Waals surface area (Å²) in [5, 5.41) is 1.94. The number of likely N-dealkylation sites (tertiary alicyclic amines) is 5. The topological polar surface area (TPSA) is 50.9 Å². The minimum atomic E-state index is -4.33. The molecule has 724 valence electrons. The monoisotopic (exact) mass is 1850 g/mol. The molecule has 10 aliphatic rings. The van der Waals surface area contributed by atoms with Gasteiger partial charge >= 0.3 is 37.1 Å². The zero-order valence-corrected chi connectivity index (χ0v) is 78.9. The molecule has 0 aliphatic carbocycles. The lowest BCUT2D eigenvalue weighted by atomic mass is 9.73. The van der Waals surface area contributed by atoms with Crippen LogP contribution in [-0.2, 0) is 48.3 Å². The third kappa shape index (κ3) is 26.3. The van der Waals surface area contributed by atoms with E-state index in [9.17, 15) is 79.0 Å². The molecule has 10 fully saturated rings. The van der Waals surface area contributed by atoms with Crippen molar-refractivity contribution in [3.05, 3.63) is 182 Å². The van der Waals surface area contributed by atoms with Crippen molar-refractivity contribution in [2.24, 2.45) is 33.5 Å². The van der Waals surface area contributed by atoms with Gasteiger partial charge in [0.25, 0.3) is 0 Å². The molecule has 12 nitrogen and oxygen atoms in total. The fourth-order valence-electron chi connectivity index (χ4n) is 20.5. The Balaban J connectivity index is 0.000000151. The van der Waals surface area contributed by atoms with Gasteiger partial charge in [0.15, 0.2) is 0 Å². The normalized spacial score (nSPS) is 22.0. The van der Waals surface area contributed by atoms with E-state index in [0.717, 1.165) is 194 Å². The standard InChI is InChI=1S/C19H27F3N2.2C17H23F3N2.C16H21F3N2O.C16H22F3N.C15H20F3NO/c1-14(2)11-23-8-6-18(12-23)7-9-24(13-18)16-5-4-15(3)17(10-16)19(20,21)22;1-12(2)22-10-16(11-22)6-7-21(9-16)14-5-4-13(3)15(8-14)17(18,19)20;1-12(2)21-7-6-16(9-21)10-22(11-16)14-5-4-13(3)15(8-14)17(18,19)20;1-11(2)22-21-9-15(10-21)7-20(8-15)13-5-4-12(3)14(6-13)16(17,18)19;1-11(2)20-7-6-14(10-20)8-13-5-4-12(3)15(9-13)16(17,18)19;1-10(2)19-7-6-13(9-19)20-12-5-4-11(3)14(8-12)15(16,17)18/h4-5,10,14H,6-9,11-13H2,1-3H3;2*4-5,8,12H,6-7,9-11H2,1-3H3;4-6,11H,7-10H2,1-3H3;4-5,9,11,14H,6-8,10H2,1-3H3;4-5,8,10,13H,6-7,9H2,1-3H3. The van der Waals surface area contributed by atoms with E-state index in [1.54, 1.807) is 42.5 Å². The first-order valence-electron chi connectivity index (χ1n) is 46.1. The van der Waals surface area contributed by atoms with Crippen LogP contribution in [0.4, 0.5) is 102 Å². The van der Waals surface area contributed by atoms with Crippen molar-refractivity contribution in [2.75, 3.05) is 157 Å². The van der Waals surface area contributed by atoms with Crippen molar-refractivity contribution in [3.63, 3.8) is 0 Å². The summed E-state index contributed by atoms with van der Waals surface area (Å²) in [4.78, 5) is 26.0. The number of halogens is 18. The fourth-order valence-corrected chi connectivity index (χ4v) is 20.5. The molecule has 6 aromatic rings. The van der Waals surface area contributed by atoms with Crippen LogP contribution in [0.2, 0.25) is 0 Å². The van der Waals surface area contributed by atoms with E-state index in [-0.39, 0.29) is 45.0 Å². The molecule has 0 N–H and O–H groups in total. The number of ether oxygens (including phenoxy) is 1. The van der Waals surface area contributed by atoms with Crippen molar-refractivity contribution < 1.29 is 88.6 Å². The average molecular weight is 1850 g/mol. The van der Waals surface area contributed by atoms with Crippen LogP contribution in [0.25, 0.3) is 0 Å². The van der Waals surface area contributed by atoms with E-state index >= 15 is 0 Å². The van der Waals surface area contributed by atoms with Gasteiger partial charge in [0.05, 0.1) is 39.5 Å². The number of hydrogen-bond acceptors (Lipinski definition) is 12. The highest BCUT2D eigenvalue weighted by atomic mass is 19.4. The van der Waals surface area contributed by atoms with Crippen LogP contribution in [0.5, 0.6) is 5.75 Å². The molecule has 0 saturated carbocycles. The molecule has 0 amide bonds. The minimum Gasteiger partial charge on any atom is -0.489 e. The van der Waals surface area contributed by atoms with Crippen molar-refractivity contribution >= 4 is 22.7 Å². The number of anilines is 4. The first-order valence-corrected chi connectivity index (χ1v) is 46.1. The molecule has 10 aliphatic heterocycles. The zero-order chi connectivity index (χ0) is 95.7. The van der Waals surface area contributed by atoms with E-state index in [0.29, 0.717) is 86.8 Å². The quantitative estimate of drug-likeness (QED) is 0.0868. The SMILES string of the molecule is Cc1ccc(CC2CCN(C(C)C)C2)cc1C(F)(F)F.Cc1ccc(N2CC3(CCN(C(C)C)C3)C2)cc1C(F)(F)F.Cc1ccc(N2CC3(CN(OC(C)C)C3)C2)cc1C(F)(F)F.Cc1ccc(N2CCC3(C2)CN(C(C)C)C3)cc1C(F)(F)F.Cc1ccc(N2CCC3(CCN(CC(C)C)C3)C2)cc1C(F)(F)F.Cc1ccc(OC2CCN(C(C)C)C2)cc1C(F)(F)F. The highest BCUT2D eigenvalue weighted by Gasteiger charge is 2.55. The fraction of sp³-hybridized carbons (Fsp3) is 0.640. The highest BCUT2D eigenvalue weighted by molar-refractivity contribution is 5.58. The van der Waals surface area contributed by atoms with Gasteiger partial charge in [-0.3, -0.25) is 14.6 Å². The minimum absolute atomic E-state index is 0.0267. The molecule has 3 unspecified atom stereocenters. The Labute approximate surface area is 758 Å². The van der Waals surface area contributed by atoms with Crippen molar-refractivity contribution in [3.8, 4) is 5.75 Å². The van der Waals surface area contributed by atoms with Crippen LogP contribution in [-0.4, -0.2) is 203 Å². The average Bonchev–Trinajstić information content (AvgIpc) is 1.03. The molecular weight excluding hydrogens is 1720 g/mol. The molecular formula is C100H136F18N10O2. The lowest BCUT2D eigenvalue weighted by Gasteiger charge is -2.60. The summed E-state index contributed by atoms with van der Waals surface area (Å²) < 4.78 is 240. The number of nitrogens with zero attached hydrogens (tertiary/aromatic N) is 10. The molecule has 0 aromatic heterocycles. The van der Waals surface area contributed by atoms with Crippen molar-refractivity contribution in [2.45, 2.75) is 243 Å². The van der Waals surface area contributed by atoms with Crippen LogP contribution < -0.4 is 24.3 Å². The van der Waals surface area contributed by atoms with Crippen LogP contribution in [0, 0.1) is 75.0 Å². The second-order valence-corrected chi connectivity index (χ2v) is 40.9. The molecule has 4 spiro atoms. The summed E-state index contributed by atoms with van der Waals surface area (Å²) in [6, 6.07) is 29.8. The third-order valence-electron chi connectivity index (χ3n) is 28.0. The molecule has 10 saturated heterocycles. The number of hydrogen-bond donors (Lipinski definition) is 0. The predicted molar refractivity (Wildman–Crippen MR) is 481 cm³/mol. The molecule has 10 heterocycles. The Kier molecular flexibility index (Phi) is 32.4. The van der Waals surface area contributed by atoms with Crippen LogP contribution in [0.15, 0.2) is 109 Å². The van der Waals surface area contributed by atoms with Gasteiger partial charge in [-0.15, -0.1) is 0 Å². The first-order chi connectivity index (χ1) is 60.3. The summed E-state index contributed by atoms with van der Waals surface area (Å²) in [6.07, 6.45) is -18.4. The number of rotatable bonds is 16. The van der Waals surface area contributed by atoms with Crippen molar-refractivity contribution in [1.82, 2.24) is 29.6 Å². The number of aryl methyl sites for hydroxylation is 6. The molecule has 0 bridgehead atoms. The van der Waals surface area contributed by atoms with Crippen LogP contribution in [0.1, 0.15) is 194 Å². The lowest BCUT2D eigenvalue weighted by molar-refractivity contribution is -0.273. The van der Waals surface area contributed by atoms with Gasteiger partial charge in [0.2, 0.25) is 0 Å². The Morgan fingerprint density at radius 1 is 0.323 bits per heavy atom. The van der Waals surface area contributed by atoms with E-state index < -0.39 is 70.4 Å². The van der Waals surface area contributed by atoms with Gasteiger partial charge in [0, 0.05) is 186 Å². The zero-order valence-electron chi connectivity index (χ0n) is 78.9. The molecule has 16 rings (SSSR count). The van der Waals surface area contributed by atoms with E-state index in [2.05, 4.69) is 108 Å². The van der Waals surface area contributed by atoms with Gasteiger partial charge in [-0.1, -0.05) is 56.3 Å². The summed E-state index contributed by atoms with van der Waals surface area (Å²) in [7, 11) is 0. The van der Waals surface area contributed by atoms with Gasteiger partial charge in [-0.25, -0.2) is 0 Å². The number of benzene rings is 6. The van der Waals surface area contributed by atoms with Crippen molar-refractivity contribution in [1.29, 1.82) is 0 Å². The van der Waals surface area contributed by atoms with Crippen LogP contribution in [0.3, 0.4) is 0 Å². The Hall–Kier alpha value is -7.22. The Bertz CT molecular complexity index is 4630. The third-order valence-corrected chi connectivity index (χ3v) is 28.0. The van der Waals surface area contributed by atoms with Gasteiger partial charge < -0.3 is 39.0 Å². The smallest absolute Gasteiger partial charge is 0.416 e. The number of hydroxylamine groups is 2. The maximum atomic E-state index is 13.2. The predicted octanol–water partition coefficient (Wildman–Crippen LogP) is 24.1. The van der Waals surface area contributed by atoms with Crippen LogP contribution >= 0.6 is 0 Å².